The molecule has 0 aliphatic heterocycles. The summed E-state index contributed by atoms with van der Waals surface area (Å²) in [6.07, 6.45) is 0. The topological polar surface area (TPSA) is 163 Å². The Labute approximate surface area is 89.0 Å². The van der Waals surface area contributed by atoms with E-state index in [1.54, 1.807) is 0 Å². The molecule has 0 aromatic heterocycles. The van der Waals surface area contributed by atoms with Crippen LogP contribution in [0.5, 0.6) is 0 Å². The summed E-state index contributed by atoms with van der Waals surface area (Å²) in [5, 5.41) is 0. The maximum atomic E-state index is 8.56. The minimum absolute atomic E-state index is 0. The largest absolute Gasteiger partial charge is 3.00 e. The third kappa shape index (κ3) is 20700. The molecule has 13 heteroatoms. The maximum Gasteiger partial charge on any atom is 3.00 e. The van der Waals surface area contributed by atoms with Gasteiger partial charge >= 0.3 is 17.1 Å². The summed E-state index contributed by atoms with van der Waals surface area (Å²) in [4.78, 5) is 0. The van der Waals surface area contributed by atoms with Crippen molar-refractivity contribution in [1.29, 1.82) is 0 Å². The zero-order valence-electron chi connectivity index (χ0n) is 5.37. The van der Waals surface area contributed by atoms with Gasteiger partial charge in [0.15, 0.2) is 0 Å². The fourth-order valence-electron chi connectivity index (χ4n) is 0. The van der Waals surface area contributed by atoms with Crippen molar-refractivity contribution >= 4 is 33.0 Å². The normalized spacial score (nSPS) is 7.85. The molecule has 0 amide bonds. The summed E-state index contributed by atoms with van der Waals surface area (Å²) in [5.41, 5.74) is 0. The van der Waals surface area contributed by atoms with Gasteiger partial charge in [0.2, 0.25) is 0 Å². The first-order valence-electron chi connectivity index (χ1n) is 1.55. The summed E-state index contributed by atoms with van der Waals surface area (Å²) in [6.45, 7) is 0. The molecule has 0 spiro atoms. The molecule has 3 N–H and O–H groups in total. The van der Waals surface area contributed by atoms with E-state index in [0.29, 0.717) is 0 Å². The van der Waals surface area contributed by atoms with Crippen LogP contribution in [0.1, 0.15) is 0 Å². The molecule has 83 valence electrons. The summed E-state index contributed by atoms with van der Waals surface area (Å²) in [6, 6.07) is 0. The molecule has 0 rings (SSSR count). The quantitative estimate of drug-likeness (QED) is 0.227. The average molecular weight is 299 g/mol. The van der Waals surface area contributed by atoms with Crippen LogP contribution in [-0.2, 0) is 75.3 Å². The van der Waals surface area contributed by atoms with E-state index < -0.39 is 33.0 Å². The molecule has 0 saturated carbocycles. The van der Waals surface area contributed by atoms with Crippen molar-refractivity contribution in [2.24, 2.45) is 0 Å². The van der Waals surface area contributed by atoms with Crippen molar-refractivity contribution in [1.82, 2.24) is 0 Å². The minimum atomic E-state index is -2.86. The van der Waals surface area contributed by atoms with Crippen LogP contribution in [0.2, 0.25) is 0 Å². The second kappa shape index (κ2) is 18.1. The Balaban J connectivity index is -0.0000000450. The van der Waals surface area contributed by atoms with Crippen molar-refractivity contribution in [2.75, 3.05) is 0 Å². The van der Waals surface area contributed by atoms with Gasteiger partial charge in [0.25, 0.3) is 0 Å². The molecule has 0 saturated heterocycles. The van der Waals surface area contributed by atoms with Gasteiger partial charge in [0, 0.05) is 33.0 Å². The molecular weight excluding hydrogens is 296 g/mol. The van der Waals surface area contributed by atoms with Crippen molar-refractivity contribution in [3.05, 3.63) is 0 Å². The Morgan fingerprint density at radius 3 is 0.538 bits per heavy atom. The van der Waals surface area contributed by atoms with Gasteiger partial charge in [-0.25, -0.2) is 0 Å². The van der Waals surface area contributed by atoms with Crippen molar-refractivity contribution in [3.8, 4) is 0 Å². The summed E-state index contributed by atoms with van der Waals surface area (Å²) < 4.78 is 72.2. The number of hydrogen-bond acceptors (Lipinski definition) is 9. The molecule has 1 radical (unpaired) electrons. The number of hydrogen-bond donors (Lipinski definition) is 3. The molecule has 0 unspecified atom stereocenters. The van der Waals surface area contributed by atoms with E-state index in [1.807, 2.05) is 0 Å². The van der Waals surface area contributed by atoms with Gasteiger partial charge < -0.3 is 38.9 Å². The molecule has 9 nitrogen and oxygen atoms in total. The molecule has 0 heterocycles. The molecule has 0 bridgehead atoms. The molecule has 0 fully saturated rings. The smallest absolute Gasteiger partial charge is 0.439 e. The van der Waals surface area contributed by atoms with E-state index in [1.165, 1.54) is 0 Å². The first kappa shape index (κ1) is 23.2. The first-order valence-corrected chi connectivity index (χ1v) is 4.64. The van der Waals surface area contributed by atoms with Gasteiger partial charge in [0.1, 0.15) is 0 Å². The SMILES string of the molecule is O=[S-](=O)O.O=[S-](=O)O.O=[S-](=O)O.[Fe+3]. The molecule has 0 aliphatic carbocycles. The Morgan fingerprint density at radius 1 is 0.538 bits per heavy atom. The Hall–Kier alpha value is 0.249. The molecule has 0 atom stereocenters. The van der Waals surface area contributed by atoms with Gasteiger partial charge in [-0.1, -0.05) is 0 Å². The van der Waals surface area contributed by atoms with E-state index in [0.717, 1.165) is 0 Å². The van der Waals surface area contributed by atoms with Crippen LogP contribution in [0.25, 0.3) is 0 Å². The van der Waals surface area contributed by atoms with Gasteiger partial charge in [-0.05, 0) is 0 Å². The molecule has 13 heavy (non-hydrogen) atoms. The van der Waals surface area contributed by atoms with Crippen LogP contribution < -0.4 is 0 Å². The molecule has 0 aromatic rings. The van der Waals surface area contributed by atoms with Crippen LogP contribution in [-0.4, -0.2) is 13.7 Å². The van der Waals surface area contributed by atoms with E-state index >= 15 is 0 Å². The Bertz CT molecular complexity index is 208. The van der Waals surface area contributed by atoms with Crippen molar-refractivity contribution in [3.63, 3.8) is 0 Å². The van der Waals surface area contributed by atoms with E-state index in [4.69, 9.17) is 38.9 Å². The second-order valence-electron chi connectivity index (χ2n) is 0.651. The van der Waals surface area contributed by atoms with Gasteiger partial charge in [-0.15, -0.1) is 0 Å². The molecular formula is H3FeO9S3. The second-order valence-corrected chi connectivity index (χ2v) is 1.95. The van der Waals surface area contributed by atoms with Crippen molar-refractivity contribution < 1.29 is 56.0 Å². The predicted molar refractivity (Wildman–Crippen MR) is 34.1 cm³/mol. The third-order valence-corrected chi connectivity index (χ3v) is 0. The monoisotopic (exact) mass is 299 g/mol. The van der Waals surface area contributed by atoms with Gasteiger partial charge in [-0.2, -0.15) is 0 Å². The van der Waals surface area contributed by atoms with Crippen LogP contribution in [0.3, 0.4) is 0 Å². The van der Waals surface area contributed by atoms with Gasteiger partial charge in [-0.3, -0.25) is 0 Å². The van der Waals surface area contributed by atoms with E-state index in [9.17, 15) is 0 Å². The summed E-state index contributed by atoms with van der Waals surface area (Å²) in [5.74, 6) is 0. The molecule has 0 aromatic carbocycles. The summed E-state index contributed by atoms with van der Waals surface area (Å²) >= 11 is 0. The van der Waals surface area contributed by atoms with Crippen LogP contribution in [0, 0.1) is 0 Å². The van der Waals surface area contributed by atoms with E-state index in [-0.39, 0.29) is 17.1 Å². The summed E-state index contributed by atoms with van der Waals surface area (Å²) in [7, 11) is -8.58. The van der Waals surface area contributed by atoms with Gasteiger partial charge in [0.05, 0.1) is 0 Å². The standard InChI is InChI=1S/Fe.3HO3S/c;3*1-4(2)3/h;3*(H,1,2,3)/q+3;3*-1. The van der Waals surface area contributed by atoms with Crippen LogP contribution in [0.15, 0.2) is 0 Å². The third-order valence-electron chi connectivity index (χ3n) is 0. The first-order chi connectivity index (χ1) is 5.20. The maximum absolute atomic E-state index is 8.56. The zero-order chi connectivity index (χ0) is 10.7. The number of rotatable bonds is 0. The minimum Gasteiger partial charge on any atom is -0.439 e. The fourth-order valence-corrected chi connectivity index (χ4v) is 0. The van der Waals surface area contributed by atoms with Crippen LogP contribution >= 0.6 is 0 Å². The molecule has 0 aliphatic rings. The predicted octanol–water partition coefficient (Wildman–Crippen LogP) is -0.696. The van der Waals surface area contributed by atoms with E-state index in [2.05, 4.69) is 0 Å². The fraction of sp³-hybridized carbons (Fsp3) is 0. The Kier molecular flexibility index (Phi) is 32.4. The average Bonchev–Trinajstić information content (AvgIpc) is 1.54. The van der Waals surface area contributed by atoms with Crippen molar-refractivity contribution in [2.45, 2.75) is 0 Å². The van der Waals surface area contributed by atoms with Crippen LogP contribution in [0.4, 0.5) is 0 Å². The zero-order valence-corrected chi connectivity index (χ0v) is 8.92. The Morgan fingerprint density at radius 2 is 0.538 bits per heavy atom.